The Bertz CT molecular complexity index is 417. The summed E-state index contributed by atoms with van der Waals surface area (Å²) in [6, 6.07) is 0. The zero-order chi connectivity index (χ0) is 14.4. The highest BCUT2D eigenvalue weighted by molar-refractivity contribution is 7.99. The Morgan fingerprint density at radius 3 is 2.60 bits per heavy atom. The van der Waals surface area contributed by atoms with Gasteiger partial charge in [-0.3, -0.25) is 9.89 Å². The Hall–Kier alpha value is -0.970. The minimum absolute atomic E-state index is 0.0798. The van der Waals surface area contributed by atoms with E-state index in [1.807, 2.05) is 13.8 Å². The Kier molecular flexibility index (Phi) is 5.95. The van der Waals surface area contributed by atoms with Crippen LogP contribution in [0.25, 0.3) is 0 Å². The molecule has 1 fully saturated rings. The number of nitrogens with zero attached hydrogens (tertiary/aromatic N) is 1. The number of aryl methyl sites for hydroxylation is 2. The molecule has 20 heavy (non-hydrogen) atoms. The molecule has 0 radical (unpaired) electrons. The summed E-state index contributed by atoms with van der Waals surface area (Å²) in [6.45, 7) is 3.83. The lowest BCUT2D eigenvalue weighted by Gasteiger charge is -2.13. The zero-order valence-electron chi connectivity index (χ0n) is 12.5. The van der Waals surface area contributed by atoms with Crippen LogP contribution >= 0.6 is 11.8 Å². The smallest absolute Gasteiger partial charge is 0.234 e. The number of carbonyl (C=O) groups excluding carboxylic acids is 1. The first-order valence-corrected chi connectivity index (χ1v) is 8.71. The highest BCUT2D eigenvalue weighted by Gasteiger charge is 2.14. The first-order chi connectivity index (χ1) is 9.66. The SMILES string of the molecule is Cc1n[nH]c(C)c1NC(=O)CSCC1CCCCCC1. The van der Waals surface area contributed by atoms with Gasteiger partial charge in [-0.1, -0.05) is 25.7 Å². The molecule has 1 aromatic rings. The first kappa shape index (κ1) is 15.4. The van der Waals surface area contributed by atoms with E-state index in [4.69, 9.17) is 0 Å². The van der Waals surface area contributed by atoms with E-state index in [-0.39, 0.29) is 5.91 Å². The lowest BCUT2D eigenvalue weighted by molar-refractivity contribution is -0.113. The van der Waals surface area contributed by atoms with Gasteiger partial charge < -0.3 is 5.32 Å². The molecule has 5 heteroatoms. The molecule has 0 unspecified atom stereocenters. The Labute approximate surface area is 125 Å². The molecule has 0 aliphatic heterocycles. The van der Waals surface area contributed by atoms with E-state index in [2.05, 4.69) is 15.5 Å². The molecular weight excluding hydrogens is 270 g/mol. The number of rotatable bonds is 5. The van der Waals surface area contributed by atoms with Crippen molar-refractivity contribution in [3.8, 4) is 0 Å². The lowest BCUT2D eigenvalue weighted by atomic mass is 10.0. The minimum atomic E-state index is 0.0798. The van der Waals surface area contributed by atoms with Crippen LogP contribution in [0.5, 0.6) is 0 Å². The van der Waals surface area contributed by atoms with Crippen molar-refractivity contribution in [3.05, 3.63) is 11.4 Å². The number of nitrogens with one attached hydrogen (secondary N) is 2. The fraction of sp³-hybridized carbons (Fsp3) is 0.733. The van der Waals surface area contributed by atoms with Gasteiger partial charge in [0, 0.05) is 0 Å². The van der Waals surface area contributed by atoms with Crippen LogP contribution in [0, 0.1) is 19.8 Å². The molecule has 2 N–H and O–H groups in total. The molecule has 2 rings (SSSR count). The van der Waals surface area contributed by atoms with E-state index in [0.717, 1.165) is 28.7 Å². The van der Waals surface area contributed by atoms with Crippen LogP contribution < -0.4 is 5.32 Å². The first-order valence-electron chi connectivity index (χ1n) is 7.56. The minimum Gasteiger partial charge on any atom is -0.322 e. The van der Waals surface area contributed by atoms with Crippen LogP contribution in [0.2, 0.25) is 0 Å². The fourth-order valence-electron chi connectivity index (χ4n) is 2.76. The van der Waals surface area contributed by atoms with Gasteiger partial charge in [-0.25, -0.2) is 0 Å². The Balaban J connectivity index is 1.70. The van der Waals surface area contributed by atoms with Crippen LogP contribution in [-0.2, 0) is 4.79 Å². The summed E-state index contributed by atoms with van der Waals surface area (Å²) < 4.78 is 0. The quantitative estimate of drug-likeness (QED) is 0.815. The number of hydrogen-bond donors (Lipinski definition) is 2. The molecular formula is C15H25N3OS. The van der Waals surface area contributed by atoms with Crippen molar-refractivity contribution >= 4 is 23.4 Å². The van der Waals surface area contributed by atoms with Gasteiger partial charge in [0.1, 0.15) is 0 Å². The monoisotopic (exact) mass is 295 g/mol. The van der Waals surface area contributed by atoms with E-state index in [9.17, 15) is 4.79 Å². The van der Waals surface area contributed by atoms with Crippen LogP contribution in [0.4, 0.5) is 5.69 Å². The van der Waals surface area contributed by atoms with E-state index < -0.39 is 0 Å². The number of thioether (sulfide) groups is 1. The third kappa shape index (κ3) is 4.54. The highest BCUT2D eigenvalue weighted by Crippen LogP contribution is 2.26. The van der Waals surface area contributed by atoms with Crippen molar-refractivity contribution in [1.29, 1.82) is 0 Å². The van der Waals surface area contributed by atoms with Crippen molar-refractivity contribution < 1.29 is 4.79 Å². The summed E-state index contributed by atoms with van der Waals surface area (Å²) in [5, 5.41) is 9.93. The van der Waals surface area contributed by atoms with Gasteiger partial charge in [0.05, 0.1) is 22.8 Å². The standard InChI is InChI=1S/C15H25N3OS/c1-11-15(12(2)18-17-11)16-14(19)10-20-9-13-7-5-3-4-6-8-13/h13H,3-10H2,1-2H3,(H,16,19)(H,17,18). The van der Waals surface area contributed by atoms with Gasteiger partial charge in [0.25, 0.3) is 0 Å². The summed E-state index contributed by atoms with van der Waals surface area (Å²) in [6.07, 6.45) is 8.19. The molecule has 0 saturated heterocycles. The zero-order valence-corrected chi connectivity index (χ0v) is 13.3. The Morgan fingerprint density at radius 1 is 1.30 bits per heavy atom. The molecule has 1 aliphatic carbocycles. The van der Waals surface area contributed by atoms with Crippen molar-refractivity contribution in [1.82, 2.24) is 10.2 Å². The number of hydrogen-bond acceptors (Lipinski definition) is 3. The summed E-state index contributed by atoms with van der Waals surface area (Å²) in [5.74, 6) is 2.56. The van der Waals surface area contributed by atoms with Gasteiger partial charge in [-0.15, -0.1) is 0 Å². The van der Waals surface area contributed by atoms with Crippen molar-refractivity contribution in [2.75, 3.05) is 16.8 Å². The molecule has 1 aliphatic rings. The molecule has 4 nitrogen and oxygen atoms in total. The third-order valence-electron chi connectivity index (χ3n) is 3.95. The number of aromatic nitrogens is 2. The average molecular weight is 295 g/mol. The van der Waals surface area contributed by atoms with Crippen LogP contribution in [0.15, 0.2) is 0 Å². The number of amides is 1. The van der Waals surface area contributed by atoms with E-state index in [1.165, 1.54) is 38.5 Å². The third-order valence-corrected chi connectivity index (χ3v) is 5.13. The highest BCUT2D eigenvalue weighted by atomic mass is 32.2. The predicted molar refractivity (Wildman–Crippen MR) is 85.2 cm³/mol. The molecule has 0 aromatic carbocycles. The Morgan fingerprint density at radius 2 is 2.00 bits per heavy atom. The molecule has 1 aromatic heterocycles. The molecule has 1 heterocycles. The van der Waals surface area contributed by atoms with E-state index in [0.29, 0.717) is 5.75 Å². The maximum absolute atomic E-state index is 12.0. The average Bonchev–Trinajstić information content (AvgIpc) is 2.65. The molecule has 0 atom stereocenters. The number of anilines is 1. The van der Waals surface area contributed by atoms with Crippen LogP contribution in [-0.4, -0.2) is 27.6 Å². The summed E-state index contributed by atoms with van der Waals surface area (Å²) >= 11 is 1.77. The predicted octanol–water partition coefficient (Wildman–Crippen LogP) is 3.67. The summed E-state index contributed by atoms with van der Waals surface area (Å²) in [5.41, 5.74) is 2.61. The van der Waals surface area contributed by atoms with Crippen LogP contribution in [0.3, 0.4) is 0 Å². The fourth-order valence-corrected chi connectivity index (χ4v) is 3.80. The van der Waals surface area contributed by atoms with Crippen molar-refractivity contribution in [2.45, 2.75) is 52.4 Å². The molecule has 0 spiro atoms. The topological polar surface area (TPSA) is 57.8 Å². The van der Waals surface area contributed by atoms with Crippen molar-refractivity contribution in [3.63, 3.8) is 0 Å². The molecule has 112 valence electrons. The van der Waals surface area contributed by atoms with Gasteiger partial charge in [-0.2, -0.15) is 16.9 Å². The maximum atomic E-state index is 12.0. The lowest BCUT2D eigenvalue weighted by Crippen LogP contribution is -2.16. The largest absolute Gasteiger partial charge is 0.322 e. The number of aromatic amines is 1. The molecule has 1 amide bonds. The van der Waals surface area contributed by atoms with Gasteiger partial charge in [0.2, 0.25) is 5.91 Å². The summed E-state index contributed by atoms with van der Waals surface area (Å²) in [7, 11) is 0. The van der Waals surface area contributed by atoms with Gasteiger partial charge in [-0.05, 0) is 38.4 Å². The van der Waals surface area contributed by atoms with Gasteiger partial charge in [0.15, 0.2) is 0 Å². The number of H-pyrrole nitrogens is 1. The normalized spacial score (nSPS) is 16.9. The van der Waals surface area contributed by atoms with E-state index in [1.54, 1.807) is 11.8 Å². The maximum Gasteiger partial charge on any atom is 0.234 e. The second-order valence-corrected chi connectivity index (χ2v) is 6.76. The second kappa shape index (κ2) is 7.72. The second-order valence-electron chi connectivity index (χ2n) is 5.73. The van der Waals surface area contributed by atoms with Crippen LogP contribution in [0.1, 0.15) is 49.9 Å². The van der Waals surface area contributed by atoms with Gasteiger partial charge >= 0.3 is 0 Å². The van der Waals surface area contributed by atoms with Crippen molar-refractivity contribution in [2.24, 2.45) is 5.92 Å². The van der Waals surface area contributed by atoms with E-state index >= 15 is 0 Å². The number of carbonyl (C=O) groups is 1. The molecule has 0 bridgehead atoms. The summed E-state index contributed by atoms with van der Waals surface area (Å²) in [4.78, 5) is 12.0. The molecule has 1 saturated carbocycles.